The number of rotatable bonds is 2. The summed E-state index contributed by atoms with van der Waals surface area (Å²) in [5.41, 5.74) is -0.798. The number of benzene rings is 1. The second-order valence-corrected chi connectivity index (χ2v) is 3.22. The van der Waals surface area contributed by atoms with E-state index < -0.39 is 11.9 Å². The molecule has 0 N–H and O–H groups in total. The molecule has 1 aromatic carbocycles. The fraction of sp³-hybridized carbons (Fsp3) is 0.100. The van der Waals surface area contributed by atoms with Gasteiger partial charge in [-0.15, -0.1) is 4.91 Å². The van der Waals surface area contributed by atoms with Gasteiger partial charge in [0.1, 0.15) is 0 Å². The highest BCUT2D eigenvalue weighted by Gasteiger charge is 2.35. The first kappa shape index (κ1) is 11.3. The van der Waals surface area contributed by atoms with E-state index in [1.54, 1.807) is 18.2 Å². The predicted molar refractivity (Wildman–Crippen MR) is 54.0 cm³/mol. The third kappa shape index (κ3) is 2.17. The molecule has 2 aromatic rings. The van der Waals surface area contributed by atoms with Crippen molar-refractivity contribution in [2.75, 3.05) is 0 Å². The lowest BCUT2D eigenvalue weighted by Crippen LogP contribution is -2.07. The maximum atomic E-state index is 12.4. The number of hydrogen-bond donors (Lipinski definition) is 0. The molecule has 7 heteroatoms. The first-order chi connectivity index (χ1) is 8.02. The minimum absolute atomic E-state index is 0.345. The van der Waals surface area contributed by atoms with Gasteiger partial charge in [0.15, 0.2) is 5.69 Å². The Kier molecular flexibility index (Phi) is 2.66. The largest absolute Gasteiger partial charge is 0.435 e. The van der Waals surface area contributed by atoms with Crippen LogP contribution in [0.4, 0.5) is 19.0 Å². The average Bonchev–Trinajstić information content (AvgIpc) is 2.73. The molecular formula is C10H6F3N3O. The number of nitrogens with zero attached hydrogens (tertiary/aromatic N) is 3. The summed E-state index contributed by atoms with van der Waals surface area (Å²) < 4.78 is 38.1. The van der Waals surface area contributed by atoms with Gasteiger partial charge in [-0.3, -0.25) is 0 Å². The van der Waals surface area contributed by atoms with Crippen LogP contribution in [0.3, 0.4) is 0 Å². The summed E-state index contributed by atoms with van der Waals surface area (Å²) in [6.45, 7) is 0. The average molecular weight is 241 g/mol. The molecule has 0 saturated heterocycles. The molecule has 0 amide bonds. The molecule has 0 atom stereocenters. The van der Waals surface area contributed by atoms with Crippen LogP contribution >= 0.6 is 0 Å². The monoisotopic (exact) mass is 241 g/mol. The van der Waals surface area contributed by atoms with Crippen molar-refractivity contribution >= 4 is 5.82 Å². The van der Waals surface area contributed by atoms with Gasteiger partial charge in [-0.25, -0.2) is 4.68 Å². The smallest absolute Gasteiger partial charge is 0.211 e. The van der Waals surface area contributed by atoms with Crippen LogP contribution in [0.15, 0.2) is 41.6 Å². The quantitative estimate of drug-likeness (QED) is 0.757. The summed E-state index contributed by atoms with van der Waals surface area (Å²) >= 11 is 0. The van der Waals surface area contributed by atoms with Gasteiger partial charge in [0.2, 0.25) is 5.82 Å². The molecule has 0 fully saturated rings. The predicted octanol–water partition coefficient (Wildman–Crippen LogP) is 3.29. The maximum absolute atomic E-state index is 12.4. The van der Waals surface area contributed by atoms with Gasteiger partial charge < -0.3 is 0 Å². The molecule has 1 heterocycles. The molecule has 0 bridgehead atoms. The number of hydrogen-bond acceptors (Lipinski definition) is 3. The van der Waals surface area contributed by atoms with Crippen molar-refractivity contribution < 1.29 is 13.2 Å². The van der Waals surface area contributed by atoms with Crippen LogP contribution in [0.2, 0.25) is 0 Å². The summed E-state index contributed by atoms with van der Waals surface area (Å²) in [5.74, 6) is -0.386. The van der Waals surface area contributed by atoms with Crippen molar-refractivity contribution in [2.24, 2.45) is 5.18 Å². The maximum Gasteiger partial charge on any atom is 0.435 e. The van der Waals surface area contributed by atoms with E-state index in [0.717, 1.165) is 4.68 Å². The van der Waals surface area contributed by atoms with E-state index in [4.69, 9.17) is 0 Å². The summed E-state index contributed by atoms with van der Waals surface area (Å²) in [7, 11) is 0. The van der Waals surface area contributed by atoms with Crippen LogP contribution in [-0.2, 0) is 6.18 Å². The van der Waals surface area contributed by atoms with Gasteiger partial charge in [-0.2, -0.15) is 18.3 Å². The highest BCUT2D eigenvalue weighted by Crippen LogP contribution is 2.31. The Balaban J connectivity index is 2.55. The zero-order valence-electron chi connectivity index (χ0n) is 8.35. The van der Waals surface area contributed by atoms with E-state index in [1.807, 2.05) is 0 Å². The molecule has 0 saturated carbocycles. The van der Waals surface area contributed by atoms with E-state index in [0.29, 0.717) is 11.8 Å². The molecule has 0 aliphatic rings. The normalized spacial score (nSPS) is 11.5. The van der Waals surface area contributed by atoms with Gasteiger partial charge in [0, 0.05) is 6.07 Å². The number of nitroso groups, excluding NO2 is 1. The first-order valence-corrected chi connectivity index (χ1v) is 4.58. The molecule has 0 aliphatic heterocycles. The summed E-state index contributed by atoms with van der Waals surface area (Å²) in [4.78, 5) is 10.5. The summed E-state index contributed by atoms with van der Waals surface area (Å²) in [5, 5.41) is 5.85. The molecule has 17 heavy (non-hydrogen) atoms. The van der Waals surface area contributed by atoms with E-state index in [-0.39, 0.29) is 5.82 Å². The molecule has 0 aliphatic carbocycles. The molecule has 0 unspecified atom stereocenters. The number of para-hydroxylation sites is 1. The van der Waals surface area contributed by atoms with Crippen LogP contribution in [0, 0.1) is 4.91 Å². The van der Waals surface area contributed by atoms with Crippen molar-refractivity contribution in [3.8, 4) is 5.69 Å². The third-order valence-electron chi connectivity index (χ3n) is 2.08. The first-order valence-electron chi connectivity index (χ1n) is 4.58. The van der Waals surface area contributed by atoms with Gasteiger partial charge in [-0.05, 0) is 17.3 Å². The number of halogens is 3. The Morgan fingerprint density at radius 1 is 1.18 bits per heavy atom. The SMILES string of the molecule is O=Nc1cc(C(F)(F)F)nn1-c1ccccc1. The standard InChI is InChI=1S/C10H6F3N3O/c11-10(12,13)8-6-9(15-17)16(14-8)7-4-2-1-3-5-7/h1-6H. The molecule has 4 nitrogen and oxygen atoms in total. The minimum Gasteiger partial charge on any atom is -0.211 e. The molecule has 0 radical (unpaired) electrons. The third-order valence-corrected chi connectivity index (χ3v) is 2.08. The van der Waals surface area contributed by atoms with Crippen molar-refractivity contribution in [1.82, 2.24) is 9.78 Å². The zero-order chi connectivity index (χ0) is 12.5. The highest BCUT2D eigenvalue weighted by atomic mass is 19.4. The lowest BCUT2D eigenvalue weighted by molar-refractivity contribution is -0.141. The lowest BCUT2D eigenvalue weighted by Gasteiger charge is -2.02. The summed E-state index contributed by atoms with van der Waals surface area (Å²) in [6.07, 6.45) is -4.60. The molecule has 0 spiro atoms. The molecule has 88 valence electrons. The Morgan fingerprint density at radius 2 is 1.82 bits per heavy atom. The van der Waals surface area contributed by atoms with Gasteiger partial charge >= 0.3 is 6.18 Å². The van der Waals surface area contributed by atoms with Gasteiger partial charge in [0.25, 0.3) is 0 Å². The Morgan fingerprint density at radius 3 is 2.35 bits per heavy atom. The highest BCUT2D eigenvalue weighted by molar-refractivity contribution is 5.42. The van der Waals surface area contributed by atoms with Crippen LogP contribution in [0.25, 0.3) is 5.69 Å². The van der Waals surface area contributed by atoms with E-state index in [2.05, 4.69) is 10.3 Å². The van der Waals surface area contributed by atoms with Gasteiger partial charge in [0.05, 0.1) is 5.69 Å². The van der Waals surface area contributed by atoms with E-state index in [9.17, 15) is 18.1 Å². The fourth-order valence-electron chi connectivity index (χ4n) is 1.33. The van der Waals surface area contributed by atoms with E-state index >= 15 is 0 Å². The van der Waals surface area contributed by atoms with Crippen molar-refractivity contribution in [2.45, 2.75) is 6.18 Å². The Hall–Kier alpha value is -2.18. The van der Waals surface area contributed by atoms with E-state index in [1.165, 1.54) is 12.1 Å². The summed E-state index contributed by atoms with van der Waals surface area (Å²) in [6, 6.07) is 8.62. The van der Waals surface area contributed by atoms with Crippen LogP contribution in [-0.4, -0.2) is 9.78 Å². The second kappa shape index (κ2) is 4.00. The number of alkyl halides is 3. The Labute approximate surface area is 93.7 Å². The van der Waals surface area contributed by atoms with Crippen molar-refractivity contribution in [3.05, 3.63) is 47.0 Å². The van der Waals surface area contributed by atoms with Crippen molar-refractivity contribution in [1.29, 1.82) is 0 Å². The molecular weight excluding hydrogens is 235 g/mol. The minimum atomic E-state index is -4.60. The second-order valence-electron chi connectivity index (χ2n) is 3.22. The van der Waals surface area contributed by atoms with Crippen LogP contribution in [0.1, 0.15) is 5.69 Å². The van der Waals surface area contributed by atoms with Crippen LogP contribution < -0.4 is 0 Å². The van der Waals surface area contributed by atoms with Crippen molar-refractivity contribution in [3.63, 3.8) is 0 Å². The number of aromatic nitrogens is 2. The Bertz CT molecular complexity index is 533. The topological polar surface area (TPSA) is 47.2 Å². The van der Waals surface area contributed by atoms with Crippen LogP contribution in [0.5, 0.6) is 0 Å². The molecule has 2 rings (SSSR count). The molecule has 1 aromatic heterocycles. The van der Waals surface area contributed by atoms with Gasteiger partial charge in [-0.1, -0.05) is 18.2 Å². The zero-order valence-corrected chi connectivity index (χ0v) is 8.35. The lowest BCUT2D eigenvalue weighted by atomic mass is 10.3. The fourth-order valence-corrected chi connectivity index (χ4v) is 1.33.